The minimum atomic E-state index is -0.316. The molecule has 0 aliphatic heterocycles. The van der Waals surface area contributed by atoms with E-state index in [-0.39, 0.29) is 24.2 Å². The van der Waals surface area contributed by atoms with Crippen LogP contribution in [0.25, 0.3) is 0 Å². The third kappa shape index (κ3) is 4.81. The Morgan fingerprint density at radius 1 is 1.17 bits per heavy atom. The number of hydrogen-bond acceptors (Lipinski definition) is 4. The molecule has 0 saturated heterocycles. The fraction of sp³-hybridized carbons (Fsp3) is 0.208. The van der Waals surface area contributed by atoms with Crippen LogP contribution in [0, 0.1) is 24.1 Å². The van der Waals surface area contributed by atoms with Crippen LogP contribution in [0.15, 0.2) is 54.7 Å². The lowest BCUT2D eigenvalue weighted by Gasteiger charge is -2.18. The molecule has 3 rings (SSSR count). The molecule has 0 unspecified atom stereocenters. The van der Waals surface area contributed by atoms with Crippen LogP contribution < -0.4 is 10.6 Å². The molecule has 2 N–H and O–H groups in total. The number of aryl methyl sites for hydroxylation is 1. The van der Waals surface area contributed by atoms with Gasteiger partial charge in [-0.05, 0) is 65.9 Å². The van der Waals surface area contributed by atoms with E-state index in [2.05, 4.69) is 21.7 Å². The van der Waals surface area contributed by atoms with Gasteiger partial charge in [0.2, 0.25) is 0 Å². The number of anilines is 2. The molecule has 0 saturated carbocycles. The number of pyridine rings is 1. The maximum atomic E-state index is 13.1. The number of carbonyl (C=O) groups is 1. The number of benzene rings is 2. The summed E-state index contributed by atoms with van der Waals surface area (Å²) < 4.78 is 13.1. The van der Waals surface area contributed by atoms with Crippen LogP contribution in [0.3, 0.4) is 0 Å². The van der Waals surface area contributed by atoms with Gasteiger partial charge in [0.05, 0.1) is 17.2 Å². The van der Waals surface area contributed by atoms with Gasteiger partial charge in [-0.15, -0.1) is 0 Å². The molecule has 152 valence electrons. The molecule has 0 spiro atoms. The average molecular weight is 402 g/mol. The summed E-state index contributed by atoms with van der Waals surface area (Å²) in [6.45, 7) is 6.20. The van der Waals surface area contributed by atoms with Gasteiger partial charge in [-0.1, -0.05) is 26.0 Å². The van der Waals surface area contributed by atoms with E-state index < -0.39 is 0 Å². The number of hydrogen-bond donors (Lipinski definition) is 2. The zero-order chi connectivity index (χ0) is 21.7. The summed E-state index contributed by atoms with van der Waals surface area (Å²) in [5.74, 6) is -0.0126. The summed E-state index contributed by atoms with van der Waals surface area (Å²) in [4.78, 5) is 17.5. The summed E-state index contributed by atoms with van der Waals surface area (Å²) >= 11 is 0. The standard InChI is InChI=1S/C24H23FN4O/c1-15(2)20-10-11-27-23(29-21-9-6-18(13-26)12-16(21)3)22(20)24(30)28-14-17-4-7-19(25)8-5-17/h4-12,15H,14H2,1-3H3,(H,27,29)(H,28,30). The third-order valence-corrected chi connectivity index (χ3v) is 4.81. The maximum Gasteiger partial charge on any atom is 0.255 e. The number of carbonyl (C=O) groups excluding carboxylic acids is 1. The van der Waals surface area contributed by atoms with Gasteiger partial charge in [0.15, 0.2) is 0 Å². The van der Waals surface area contributed by atoms with Crippen molar-refractivity contribution in [3.8, 4) is 6.07 Å². The van der Waals surface area contributed by atoms with Crippen molar-refractivity contribution >= 4 is 17.4 Å². The molecule has 0 radical (unpaired) electrons. The Morgan fingerprint density at radius 3 is 2.53 bits per heavy atom. The zero-order valence-corrected chi connectivity index (χ0v) is 17.2. The quantitative estimate of drug-likeness (QED) is 0.594. The highest BCUT2D eigenvalue weighted by molar-refractivity contribution is 6.01. The van der Waals surface area contributed by atoms with E-state index in [1.54, 1.807) is 36.5 Å². The highest BCUT2D eigenvalue weighted by Crippen LogP contribution is 2.28. The number of amides is 1. The Hall–Kier alpha value is -3.72. The van der Waals surface area contributed by atoms with E-state index in [1.807, 2.05) is 26.8 Å². The molecule has 0 aliphatic carbocycles. The Labute approximate surface area is 175 Å². The van der Waals surface area contributed by atoms with E-state index >= 15 is 0 Å². The van der Waals surface area contributed by atoms with Crippen molar-refractivity contribution in [1.82, 2.24) is 10.3 Å². The first-order valence-corrected chi connectivity index (χ1v) is 9.68. The summed E-state index contributed by atoms with van der Waals surface area (Å²) in [7, 11) is 0. The molecule has 1 heterocycles. The van der Waals surface area contributed by atoms with Crippen LogP contribution in [0.5, 0.6) is 0 Å². The van der Waals surface area contributed by atoms with Gasteiger partial charge in [0, 0.05) is 18.4 Å². The third-order valence-electron chi connectivity index (χ3n) is 4.81. The van der Waals surface area contributed by atoms with Crippen molar-refractivity contribution in [2.45, 2.75) is 33.2 Å². The highest BCUT2D eigenvalue weighted by atomic mass is 19.1. The molecule has 5 nitrogen and oxygen atoms in total. The minimum absolute atomic E-state index is 0.113. The van der Waals surface area contributed by atoms with E-state index in [1.165, 1.54) is 12.1 Å². The summed E-state index contributed by atoms with van der Waals surface area (Å²) in [5.41, 5.74) is 4.36. The first kappa shape index (κ1) is 21.0. The molecule has 30 heavy (non-hydrogen) atoms. The van der Waals surface area contributed by atoms with Crippen molar-refractivity contribution in [3.05, 3.63) is 88.4 Å². The minimum Gasteiger partial charge on any atom is -0.348 e. The van der Waals surface area contributed by atoms with Crippen molar-refractivity contribution in [2.24, 2.45) is 0 Å². The molecular weight excluding hydrogens is 379 g/mol. The topological polar surface area (TPSA) is 77.8 Å². The second-order valence-electron chi connectivity index (χ2n) is 7.35. The number of nitriles is 1. The Morgan fingerprint density at radius 2 is 1.90 bits per heavy atom. The smallest absolute Gasteiger partial charge is 0.255 e. The lowest BCUT2D eigenvalue weighted by molar-refractivity contribution is 0.0950. The van der Waals surface area contributed by atoms with E-state index in [0.717, 1.165) is 22.4 Å². The van der Waals surface area contributed by atoms with E-state index in [0.29, 0.717) is 16.9 Å². The molecule has 0 fully saturated rings. The Bertz CT molecular complexity index is 1100. The van der Waals surface area contributed by atoms with Gasteiger partial charge < -0.3 is 10.6 Å². The Kier molecular flexibility index (Phi) is 6.43. The van der Waals surface area contributed by atoms with Gasteiger partial charge in [-0.2, -0.15) is 5.26 Å². The van der Waals surface area contributed by atoms with Gasteiger partial charge in [-0.3, -0.25) is 4.79 Å². The highest BCUT2D eigenvalue weighted by Gasteiger charge is 2.20. The second kappa shape index (κ2) is 9.19. The number of halogens is 1. The molecule has 0 atom stereocenters. The molecule has 0 aliphatic rings. The summed E-state index contributed by atoms with van der Waals surface area (Å²) in [5, 5.41) is 15.2. The lowest BCUT2D eigenvalue weighted by Crippen LogP contribution is -2.25. The van der Waals surface area contributed by atoms with Crippen LogP contribution in [0.4, 0.5) is 15.9 Å². The predicted octanol–water partition coefficient (Wildman–Crippen LogP) is 5.20. The van der Waals surface area contributed by atoms with Gasteiger partial charge >= 0.3 is 0 Å². The number of nitrogens with zero attached hydrogens (tertiary/aromatic N) is 2. The van der Waals surface area contributed by atoms with Crippen LogP contribution in [0.1, 0.15) is 52.4 Å². The van der Waals surface area contributed by atoms with Crippen LogP contribution >= 0.6 is 0 Å². The molecule has 3 aromatic rings. The lowest BCUT2D eigenvalue weighted by atomic mass is 9.97. The van der Waals surface area contributed by atoms with Crippen molar-refractivity contribution in [3.63, 3.8) is 0 Å². The molecular formula is C24H23FN4O. The fourth-order valence-electron chi connectivity index (χ4n) is 3.17. The van der Waals surface area contributed by atoms with Crippen LogP contribution in [0.2, 0.25) is 0 Å². The van der Waals surface area contributed by atoms with Crippen LogP contribution in [-0.4, -0.2) is 10.9 Å². The molecule has 0 bridgehead atoms. The molecule has 2 aromatic carbocycles. The molecule has 1 aromatic heterocycles. The number of aromatic nitrogens is 1. The Balaban J connectivity index is 1.91. The fourth-order valence-corrected chi connectivity index (χ4v) is 3.17. The summed E-state index contributed by atoms with van der Waals surface area (Å²) in [6.07, 6.45) is 1.67. The predicted molar refractivity (Wildman–Crippen MR) is 115 cm³/mol. The number of nitrogens with one attached hydrogen (secondary N) is 2. The SMILES string of the molecule is Cc1cc(C#N)ccc1Nc1nccc(C(C)C)c1C(=O)NCc1ccc(F)cc1. The van der Waals surface area contributed by atoms with Gasteiger partial charge in [0.25, 0.3) is 5.91 Å². The maximum absolute atomic E-state index is 13.1. The molecule has 6 heteroatoms. The van der Waals surface area contributed by atoms with Crippen molar-refractivity contribution < 1.29 is 9.18 Å². The number of rotatable bonds is 6. The monoisotopic (exact) mass is 402 g/mol. The van der Waals surface area contributed by atoms with E-state index in [9.17, 15) is 9.18 Å². The molecule has 1 amide bonds. The van der Waals surface area contributed by atoms with Crippen molar-refractivity contribution in [2.75, 3.05) is 5.32 Å². The average Bonchev–Trinajstić information content (AvgIpc) is 2.74. The first-order valence-electron chi connectivity index (χ1n) is 9.68. The van der Waals surface area contributed by atoms with Gasteiger partial charge in [0.1, 0.15) is 11.6 Å². The normalized spacial score (nSPS) is 10.5. The van der Waals surface area contributed by atoms with Crippen molar-refractivity contribution in [1.29, 1.82) is 5.26 Å². The first-order chi connectivity index (χ1) is 14.4. The zero-order valence-electron chi connectivity index (χ0n) is 17.2. The largest absolute Gasteiger partial charge is 0.348 e. The second-order valence-corrected chi connectivity index (χ2v) is 7.35. The van der Waals surface area contributed by atoms with Crippen LogP contribution in [-0.2, 0) is 6.54 Å². The summed E-state index contributed by atoms with van der Waals surface area (Å²) in [6, 6.07) is 15.3. The van der Waals surface area contributed by atoms with E-state index in [4.69, 9.17) is 5.26 Å². The van der Waals surface area contributed by atoms with Gasteiger partial charge in [-0.25, -0.2) is 9.37 Å².